The van der Waals surface area contributed by atoms with Gasteiger partial charge in [0.2, 0.25) is 0 Å². The number of ether oxygens (including phenoxy) is 1. The SMILES string of the molecule is CC(CC1CCCCN1)N1CCCOCC1. The molecule has 0 aromatic heterocycles. The van der Waals surface area contributed by atoms with E-state index in [4.69, 9.17) is 4.74 Å². The summed E-state index contributed by atoms with van der Waals surface area (Å²) < 4.78 is 5.51. The third kappa shape index (κ3) is 3.72. The van der Waals surface area contributed by atoms with E-state index in [-0.39, 0.29) is 0 Å². The van der Waals surface area contributed by atoms with Crippen molar-refractivity contribution in [3.63, 3.8) is 0 Å². The smallest absolute Gasteiger partial charge is 0.0593 e. The normalized spacial score (nSPS) is 30.9. The first-order chi connectivity index (χ1) is 7.86. The Bertz CT molecular complexity index is 184. The van der Waals surface area contributed by atoms with Gasteiger partial charge in [-0.05, 0) is 39.2 Å². The fourth-order valence-corrected chi connectivity index (χ4v) is 2.89. The molecule has 2 saturated heterocycles. The van der Waals surface area contributed by atoms with Gasteiger partial charge in [0.15, 0.2) is 0 Å². The van der Waals surface area contributed by atoms with E-state index in [9.17, 15) is 0 Å². The molecular formula is C13H26N2O. The van der Waals surface area contributed by atoms with Crippen LogP contribution in [0.25, 0.3) is 0 Å². The highest BCUT2D eigenvalue weighted by molar-refractivity contribution is 4.79. The van der Waals surface area contributed by atoms with Crippen LogP contribution < -0.4 is 5.32 Å². The number of hydrogen-bond donors (Lipinski definition) is 1. The van der Waals surface area contributed by atoms with E-state index in [0.717, 1.165) is 25.8 Å². The zero-order chi connectivity index (χ0) is 11.2. The molecule has 0 saturated carbocycles. The molecule has 0 bridgehead atoms. The van der Waals surface area contributed by atoms with Crippen LogP contribution in [0.15, 0.2) is 0 Å². The maximum Gasteiger partial charge on any atom is 0.0593 e. The average Bonchev–Trinajstić information content (AvgIpc) is 2.59. The average molecular weight is 226 g/mol. The van der Waals surface area contributed by atoms with Crippen LogP contribution in [0.5, 0.6) is 0 Å². The molecule has 0 spiro atoms. The summed E-state index contributed by atoms with van der Waals surface area (Å²) in [5, 5.41) is 3.65. The van der Waals surface area contributed by atoms with Crippen molar-refractivity contribution in [2.24, 2.45) is 0 Å². The quantitative estimate of drug-likeness (QED) is 0.791. The molecule has 2 atom stereocenters. The lowest BCUT2D eigenvalue weighted by atomic mass is 9.98. The molecule has 0 aromatic rings. The molecular weight excluding hydrogens is 200 g/mol. The summed E-state index contributed by atoms with van der Waals surface area (Å²) in [6.45, 7) is 7.80. The lowest BCUT2D eigenvalue weighted by molar-refractivity contribution is 0.129. The van der Waals surface area contributed by atoms with Crippen molar-refractivity contribution in [2.45, 2.75) is 51.1 Å². The number of rotatable bonds is 3. The second kappa shape index (κ2) is 6.58. The minimum Gasteiger partial charge on any atom is -0.380 e. The van der Waals surface area contributed by atoms with Gasteiger partial charge in [-0.25, -0.2) is 0 Å². The molecule has 16 heavy (non-hydrogen) atoms. The Hall–Kier alpha value is -0.120. The molecule has 2 aliphatic heterocycles. The van der Waals surface area contributed by atoms with Gasteiger partial charge in [0, 0.05) is 31.8 Å². The third-order valence-electron chi connectivity index (χ3n) is 3.92. The standard InChI is InChI=1S/C13H26N2O/c1-12(11-13-5-2-3-6-14-13)15-7-4-9-16-10-8-15/h12-14H,2-11H2,1H3. The highest BCUT2D eigenvalue weighted by Crippen LogP contribution is 2.16. The number of piperidine rings is 1. The number of hydrogen-bond acceptors (Lipinski definition) is 3. The molecule has 2 unspecified atom stereocenters. The van der Waals surface area contributed by atoms with E-state index in [1.54, 1.807) is 0 Å². The fraction of sp³-hybridized carbons (Fsp3) is 1.00. The van der Waals surface area contributed by atoms with E-state index in [1.807, 2.05) is 0 Å². The molecule has 2 aliphatic rings. The van der Waals surface area contributed by atoms with Gasteiger partial charge < -0.3 is 10.1 Å². The molecule has 0 aliphatic carbocycles. The van der Waals surface area contributed by atoms with Crippen LogP contribution in [0, 0.1) is 0 Å². The summed E-state index contributed by atoms with van der Waals surface area (Å²) in [6, 6.07) is 1.46. The van der Waals surface area contributed by atoms with Gasteiger partial charge in [-0.15, -0.1) is 0 Å². The summed E-state index contributed by atoms with van der Waals surface area (Å²) in [6.07, 6.45) is 6.65. The monoisotopic (exact) mass is 226 g/mol. The van der Waals surface area contributed by atoms with Gasteiger partial charge in [-0.1, -0.05) is 6.42 Å². The summed E-state index contributed by atoms with van der Waals surface area (Å²) in [5.41, 5.74) is 0. The van der Waals surface area contributed by atoms with Gasteiger partial charge in [0.25, 0.3) is 0 Å². The predicted octanol–water partition coefficient (Wildman–Crippen LogP) is 1.63. The van der Waals surface area contributed by atoms with Crippen molar-refractivity contribution >= 4 is 0 Å². The molecule has 1 N–H and O–H groups in total. The van der Waals surface area contributed by atoms with Crippen molar-refractivity contribution in [1.29, 1.82) is 0 Å². The minimum absolute atomic E-state index is 0.706. The zero-order valence-corrected chi connectivity index (χ0v) is 10.6. The lowest BCUT2D eigenvalue weighted by Crippen LogP contribution is -2.42. The van der Waals surface area contributed by atoms with E-state index >= 15 is 0 Å². The molecule has 2 fully saturated rings. The largest absolute Gasteiger partial charge is 0.380 e. The van der Waals surface area contributed by atoms with Crippen LogP contribution in [0.1, 0.15) is 39.0 Å². The van der Waals surface area contributed by atoms with Crippen LogP contribution in [0.3, 0.4) is 0 Å². The van der Waals surface area contributed by atoms with Crippen LogP contribution >= 0.6 is 0 Å². The number of nitrogens with zero attached hydrogens (tertiary/aromatic N) is 1. The maximum atomic E-state index is 5.51. The van der Waals surface area contributed by atoms with Crippen molar-refractivity contribution in [2.75, 3.05) is 32.8 Å². The first kappa shape index (κ1) is 12.3. The molecule has 2 heterocycles. The van der Waals surface area contributed by atoms with Gasteiger partial charge in [0.05, 0.1) is 6.61 Å². The highest BCUT2D eigenvalue weighted by Gasteiger charge is 2.20. The Kier molecular flexibility index (Phi) is 5.07. The molecule has 0 amide bonds. The van der Waals surface area contributed by atoms with Crippen molar-refractivity contribution in [3.8, 4) is 0 Å². The summed E-state index contributed by atoms with van der Waals surface area (Å²) >= 11 is 0. The van der Waals surface area contributed by atoms with E-state index in [2.05, 4.69) is 17.1 Å². The van der Waals surface area contributed by atoms with Crippen molar-refractivity contribution in [1.82, 2.24) is 10.2 Å². The molecule has 0 aromatic carbocycles. The predicted molar refractivity (Wildman–Crippen MR) is 66.7 cm³/mol. The molecule has 3 nitrogen and oxygen atoms in total. The third-order valence-corrected chi connectivity index (χ3v) is 3.92. The first-order valence-corrected chi connectivity index (χ1v) is 6.91. The Morgan fingerprint density at radius 3 is 3.00 bits per heavy atom. The molecule has 3 heteroatoms. The van der Waals surface area contributed by atoms with Gasteiger partial charge in [-0.2, -0.15) is 0 Å². The Balaban J connectivity index is 1.74. The Labute approximate surface area is 99.5 Å². The fourth-order valence-electron chi connectivity index (χ4n) is 2.89. The zero-order valence-electron chi connectivity index (χ0n) is 10.6. The minimum atomic E-state index is 0.706. The maximum absolute atomic E-state index is 5.51. The topological polar surface area (TPSA) is 24.5 Å². The Morgan fingerprint density at radius 2 is 2.19 bits per heavy atom. The highest BCUT2D eigenvalue weighted by atomic mass is 16.5. The van der Waals surface area contributed by atoms with E-state index < -0.39 is 0 Å². The van der Waals surface area contributed by atoms with E-state index in [1.165, 1.54) is 45.2 Å². The van der Waals surface area contributed by atoms with Crippen LogP contribution in [-0.4, -0.2) is 49.8 Å². The Morgan fingerprint density at radius 1 is 1.25 bits per heavy atom. The molecule has 94 valence electrons. The molecule has 2 rings (SSSR count). The summed E-state index contributed by atoms with van der Waals surface area (Å²) in [4.78, 5) is 2.60. The molecule has 0 radical (unpaired) electrons. The van der Waals surface area contributed by atoms with Crippen LogP contribution in [-0.2, 0) is 4.74 Å². The van der Waals surface area contributed by atoms with Crippen molar-refractivity contribution < 1.29 is 4.74 Å². The van der Waals surface area contributed by atoms with Gasteiger partial charge in [0.1, 0.15) is 0 Å². The summed E-state index contributed by atoms with van der Waals surface area (Å²) in [7, 11) is 0. The van der Waals surface area contributed by atoms with Crippen LogP contribution in [0.4, 0.5) is 0 Å². The second-order valence-corrected chi connectivity index (χ2v) is 5.23. The van der Waals surface area contributed by atoms with Crippen molar-refractivity contribution in [3.05, 3.63) is 0 Å². The first-order valence-electron chi connectivity index (χ1n) is 6.91. The lowest BCUT2D eigenvalue weighted by Gasteiger charge is -2.32. The van der Waals surface area contributed by atoms with Gasteiger partial charge >= 0.3 is 0 Å². The van der Waals surface area contributed by atoms with E-state index in [0.29, 0.717) is 6.04 Å². The number of nitrogens with one attached hydrogen (secondary N) is 1. The second-order valence-electron chi connectivity index (χ2n) is 5.23. The summed E-state index contributed by atoms with van der Waals surface area (Å²) in [5.74, 6) is 0. The van der Waals surface area contributed by atoms with Gasteiger partial charge in [-0.3, -0.25) is 4.90 Å². The van der Waals surface area contributed by atoms with Crippen LogP contribution in [0.2, 0.25) is 0 Å².